The standard InChI is InChI=1S/C36H46N4O4P.2C3H7.Ni/c1-6-39(7-2)27-17-19-31-33(25-27)44-34-26-28(40(8-3)9-4)18-20-32(34)35(31)29-15-10-11-16-30(29)36(41)38(5)22-12-13-23-42-45-43-24-14-21-37;2*1-3-2;/h10-11,15-20,25-26,45H,6-9,12-14,22-24H2,1-5H3;2*1,3H2,2H3;/q+1;2*-1;+2. The van der Waals surface area contributed by atoms with Crippen molar-refractivity contribution in [3.63, 3.8) is 0 Å². The molecule has 0 spiro atoms. The molecule has 2 aliphatic rings. The smallest absolute Gasteiger partial charge is 0.456 e. The number of amides is 1. The molecular weight excluding hydrogens is 714 g/mol. The maximum atomic E-state index is 13.9. The third-order valence-electron chi connectivity index (χ3n) is 8.14. The molecule has 10 heteroatoms. The Bertz CT molecular complexity index is 1690. The Morgan fingerprint density at radius 2 is 1.54 bits per heavy atom. The van der Waals surface area contributed by atoms with Crippen LogP contribution in [0, 0.1) is 25.2 Å². The molecule has 2 aromatic rings. The fourth-order valence-corrected chi connectivity index (χ4v) is 6.16. The zero-order valence-corrected chi connectivity index (χ0v) is 34.4. The second-order valence-electron chi connectivity index (χ2n) is 11.9. The first-order valence-corrected chi connectivity index (χ1v) is 19.2. The molecule has 0 fully saturated rings. The van der Waals surface area contributed by atoms with Crippen molar-refractivity contribution in [2.75, 3.05) is 57.9 Å². The third kappa shape index (κ3) is 13.6. The van der Waals surface area contributed by atoms with E-state index in [0.717, 1.165) is 96.3 Å². The average Bonchev–Trinajstić information content (AvgIpc) is 3.14. The predicted molar refractivity (Wildman–Crippen MR) is 216 cm³/mol. The first-order chi connectivity index (χ1) is 24.8. The minimum Gasteiger partial charge on any atom is -0.456 e. The molecule has 286 valence electrons. The van der Waals surface area contributed by atoms with Crippen molar-refractivity contribution < 1.29 is 34.8 Å². The Morgan fingerprint density at radius 3 is 2.17 bits per heavy atom. The number of rotatable bonds is 16. The number of anilines is 1. The van der Waals surface area contributed by atoms with Crippen LogP contribution in [0.15, 0.2) is 65.1 Å². The maximum absolute atomic E-state index is 13.9. The molecular formula is C42H60N4NiO4P+. The zero-order valence-electron chi connectivity index (χ0n) is 32.4. The number of hydrogen-bond donors (Lipinski definition) is 0. The van der Waals surface area contributed by atoms with Crippen LogP contribution in [-0.2, 0) is 25.5 Å². The maximum Gasteiger partial charge on any atom is 2.00 e. The Morgan fingerprint density at radius 1 is 0.885 bits per heavy atom. The van der Waals surface area contributed by atoms with Crippen LogP contribution in [0.4, 0.5) is 5.69 Å². The molecule has 0 aromatic heterocycles. The van der Waals surface area contributed by atoms with E-state index in [1.807, 2.05) is 51.2 Å². The summed E-state index contributed by atoms with van der Waals surface area (Å²) in [4.78, 5) is 18.0. The van der Waals surface area contributed by atoms with Gasteiger partial charge in [-0.3, -0.25) is 4.79 Å². The predicted octanol–water partition coefficient (Wildman–Crippen LogP) is 9.63. The van der Waals surface area contributed by atoms with E-state index in [1.54, 1.807) is 4.90 Å². The van der Waals surface area contributed by atoms with Crippen molar-refractivity contribution in [3.05, 3.63) is 85.4 Å². The van der Waals surface area contributed by atoms with E-state index in [0.29, 0.717) is 31.7 Å². The number of nitrogens with zero attached hydrogens (tertiary/aromatic N) is 4. The van der Waals surface area contributed by atoms with Gasteiger partial charge < -0.3 is 37.1 Å². The molecule has 8 nitrogen and oxygen atoms in total. The largest absolute Gasteiger partial charge is 2.00 e. The quantitative estimate of drug-likeness (QED) is 0.0282. The van der Waals surface area contributed by atoms with Crippen LogP contribution >= 0.6 is 9.03 Å². The molecule has 0 saturated heterocycles. The summed E-state index contributed by atoms with van der Waals surface area (Å²) in [7, 11) is 1.79. The summed E-state index contributed by atoms with van der Waals surface area (Å²) < 4.78 is 19.8. The van der Waals surface area contributed by atoms with Gasteiger partial charge in [0.2, 0.25) is 5.36 Å². The van der Waals surface area contributed by atoms with Crippen molar-refractivity contribution >= 4 is 31.6 Å². The molecule has 52 heavy (non-hydrogen) atoms. The minimum atomic E-state index is -0.0638. The molecule has 1 aliphatic carbocycles. The van der Waals surface area contributed by atoms with Gasteiger partial charge in [0.05, 0.1) is 31.8 Å². The molecule has 1 aliphatic heterocycles. The number of fused-ring (bicyclic) bond motifs is 2. The average molecular weight is 775 g/mol. The van der Waals surface area contributed by atoms with Gasteiger partial charge in [-0.25, -0.2) is 4.58 Å². The van der Waals surface area contributed by atoms with E-state index in [2.05, 4.69) is 87.4 Å². The number of hydrogen-bond acceptors (Lipinski definition) is 6. The molecule has 4 rings (SSSR count). The Balaban J connectivity index is 0.00000180. The van der Waals surface area contributed by atoms with E-state index in [-0.39, 0.29) is 31.4 Å². The molecule has 1 atom stereocenters. The molecule has 2 aromatic carbocycles. The van der Waals surface area contributed by atoms with Crippen LogP contribution in [0.1, 0.15) is 84.0 Å². The fraction of sp³-hybridized carbons (Fsp3) is 0.452. The van der Waals surface area contributed by atoms with Crippen molar-refractivity contribution in [2.24, 2.45) is 0 Å². The van der Waals surface area contributed by atoms with Crippen molar-refractivity contribution in [1.82, 2.24) is 9.48 Å². The Labute approximate surface area is 325 Å². The van der Waals surface area contributed by atoms with Gasteiger partial charge in [-0.05, 0) is 70.4 Å². The second-order valence-corrected chi connectivity index (χ2v) is 12.6. The van der Waals surface area contributed by atoms with Gasteiger partial charge >= 0.3 is 16.5 Å². The molecule has 0 radical (unpaired) electrons. The summed E-state index contributed by atoms with van der Waals surface area (Å²) in [6.07, 6.45) is 3.99. The van der Waals surface area contributed by atoms with Gasteiger partial charge in [-0.15, -0.1) is 0 Å². The van der Waals surface area contributed by atoms with E-state index >= 15 is 0 Å². The van der Waals surface area contributed by atoms with Gasteiger partial charge in [-0.2, -0.15) is 18.1 Å². The first kappa shape index (κ1) is 46.8. The van der Waals surface area contributed by atoms with Gasteiger partial charge in [-0.1, -0.05) is 32.0 Å². The van der Waals surface area contributed by atoms with E-state index in [1.165, 1.54) is 0 Å². The first-order valence-electron chi connectivity index (χ1n) is 18.4. The number of benzene rings is 3. The summed E-state index contributed by atoms with van der Waals surface area (Å²) in [5.74, 6) is 0.779. The second kappa shape index (κ2) is 26.5. The van der Waals surface area contributed by atoms with Crippen LogP contribution in [0.5, 0.6) is 0 Å². The van der Waals surface area contributed by atoms with Crippen LogP contribution in [0.3, 0.4) is 0 Å². The molecule has 0 saturated carbocycles. The number of carbonyl (C=O) groups is 1. The number of nitriles is 1. The van der Waals surface area contributed by atoms with E-state index in [9.17, 15) is 4.79 Å². The summed E-state index contributed by atoms with van der Waals surface area (Å²) in [6.45, 7) is 24.8. The zero-order chi connectivity index (χ0) is 37.6. The minimum absolute atomic E-state index is 0. The SMILES string of the molecule is CCN(CC)c1ccc2c(-c3ccccc3C(=O)N(C)CCCCOPOCCC#N)c3ccc(=[N+](CC)CC)cc-3oc2c1.[CH2-]CC.[CH2-]CC.[Ni+2]. The Kier molecular flexibility index (Phi) is 23.8. The summed E-state index contributed by atoms with van der Waals surface area (Å²) >= 11 is 0. The van der Waals surface area contributed by atoms with Gasteiger partial charge in [0, 0.05) is 66.6 Å². The Hall–Kier alpha value is -3.27. The van der Waals surface area contributed by atoms with Crippen LogP contribution < -0.4 is 14.8 Å². The number of carbonyl (C=O) groups excluding carboxylic acids is 1. The molecule has 1 amide bonds. The van der Waals surface area contributed by atoms with Gasteiger partial charge in [0.25, 0.3) is 5.91 Å². The van der Waals surface area contributed by atoms with E-state index < -0.39 is 0 Å². The van der Waals surface area contributed by atoms with Crippen molar-refractivity contribution in [3.8, 4) is 28.5 Å². The monoisotopic (exact) mass is 773 g/mol. The third-order valence-corrected chi connectivity index (χ3v) is 8.79. The van der Waals surface area contributed by atoms with Gasteiger partial charge in [0.1, 0.15) is 24.4 Å². The van der Waals surface area contributed by atoms with Crippen molar-refractivity contribution in [2.45, 2.75) is 73.6 Å². The molecule has 0 bridgehead atoms. The van der Waals surface area contributed by atoms with E-state index in [4.69, 9.17) is 18.7 Å². The van der Waals surface area contributed by atoms with Crippen molar-refractivity contribution in [1.29, 1.82) is 5.26 Å². The molecule has 0 N–H and O–H groups in total. The topological polar surface area (TPSA) is 82.0 Å². The van der Waals surface area contributed by atoms with Gasteiger partial charge in [0.15, 0.2) is 9.03 Å². The molecule has 1 heterocycles. The number of unbranched alkanes of at least 4 members (excludes halogenated alkanes) is 1. The summed E-state index contributed by atoms with van der Waals surface area (Å²) in [5, 5.41) is 10.7. The van der Waals surface area contributed by atoms with Crippen LogP contribution in [0.2, 0.25) is 0 Å². The fourth-order valence-electron chi connectivity index (χ4n) is 5.67. The van der Waals surface area contributed by atoms with Crippen LogP contribution in [-0.4, -0.2) is 63.8 Å². The van der Waals surface area contributed by atoms with Crippen LogP contribution in [0.25, 0.3) is 33.4 Å². The normalized spacial score (nSPS) is 10.5. The summed E-state index contributed by atoms with van der Waals surface area (Å²) in [6, 6.07) is 22.8. The molecule has 1 unspecified atom stereocenters. The summed E-state index contributed by atoms with van der Waals surface area (Å²) in [5.41, 5.74) is 5.46.